The zero-order valence-electron chi connectivity index (χ0n) is 9.33. The van der Waals surface area contributed by atoms with Crippen molar-refractivity contribution in [1.82, 2.24) is 5.32 Å². The fourth-order valence-corrected chi connectivity index (χ4v) is 2.70. The quantitative estimate of drug-likeness (QED) is 0.792. The van der Waals surface area contributed by atoms with Gasteiger partial charge in [0.05, 0.1) is 5.75 Å². The normalized spacial score (nSPS) is 29.6. The van der Waals surface area contributed by atoms with E-state index in [4.69, 9.17) is 0 Å². The van der Waals surface area contributed by atoms with Crippen molar-refractivity contribution in [3.63, 3.8) is 0 Å². The molecular formula is C9H15F2NO3S. The van der Waals surface area contributed by atoms with Gasteiger partial charge in [-0.3, -0.25) is 4.79 Å². The largest absolute Gasteiger partial charge is 0.352 e. The van der Waals surface area contributed by atoms with Crippen molar-refractivity contribution in [2.45, 2.75) is 25.8 Å². The number of alkyl halides is 2. The molecule has 0 aliphatic heterocycles. The molecule has 0 radical (unpaired) electrons. The van der Waals surface area contributed by atoms with Gasteiger partial charge >= 0.3 is 0 Å². The van der Waals surface area contributed by atoms with Gasteiger partial charge in [-0.1, -0.05) is 6.92 Å². The molecular weight excluding hydrogens is 240 g/mol. The maximum atomic E-state index is 12.8. The number of hydrogen-bond donors (Lipinski definition) is 1. The number of amides is 1. The zero-order chi connectivity index (χ0) is 12.7. The van der Waals surface area contributed by atoms with E-state index in [9.17, 15) is 22.0 Å². The van der Waals surface area contributed by atoms with Gasteiger partial charge < -0.3 is 5.32 Å². The third-order valence-corrected chi connectivity index (χ3v) is 3.74. The van der Waals surface area contributed by atoms with Crippen molar-refractivity contribution in [3.05, 3.63) is 0 Å². The van der Waals surface area contributed by atoms with Gasteiger partial charge in [0.15, 0.2) is 0 Å². The van der Waals surface area contributed by atoms with E-state index in [0.29, 0.717) is 0 Å². The summed E-state index contributed by atoms with van der Waals surface area (Å²) in [6.45, 7) is 2.77. The van der Waals surface area contributed by atoms with Gasteiger partial charge in [0.1, 0.15) is 15.8 Å². The van der Waals surface area contributed by atoms with E-state index in [0.717, 1.165) is 6.26 Å². The van der Waals surface area contributed by atoms with Crippen molar-refractivity contribution in [1.29, 1.82) is 0 Å². The Morgan fingerprint density at radius 3 is 2.25 bits per heavy atom. The van der Waals surface area contributed by atoms with Gasteiger partial charge in [-0.25, -0.2) is 17.2 Å². The van der Waals surface area contributed by atoms with Crippen LogP contribution in [0.2, 0.25) is 0 Å². The number of sulfone groups is 1. The third-order valence-electron chi connectivity index (χ3n) is 2.64. The van der Waals surface area contributed by atoms with Crippen molar-refractivity contribution >= 4 is 15.7 Å². The van der Waals surface area contributed by atoms with Crippen LogP contribution in [-0.4, -0.2) is 38.3 Å². The van der Waals surface area contributed by atoms with Crippen LogP contribution >= 0.6 is 0 Å². The van der Waals surface area contributed by atoms with E-state index in [2.05, 4.69) is 5.32 Å². The Bertz CT molecular complexity index is 394. The molecule has 16 heavy (non-hydrogen) atoms. The maximum absolute atomic E-state index is 12.8. The lowest BCUT2D eigenvalue weighted by Gasteiger charge is -2.12. The summed E-state index contributed by atoms with van der Waals surface area (Å²) in [5, 5.41) is 2.29. The molecule has 1 saturated carbocycles. The van der Waals surface area contributed by atoms with Crippen LogP contribution in [0.5, 0.6) is 0 Å². The molecule has 0 saturated heterocycles. The Balaban J connectivity index is 2.48. The molecule has 94 valence electrons. The molecule has 7 heteroatoms. The molecule has 1 N–H and O–H groups in total. The Labute approximate surface area is 93.3 Å². The smallest absolute Gasteiger partial charge is 0.263 e. The molecule has 4 nitrogen and oxygen atoms in total. The first-order valence-corrected chi connectivity index (χ1v) is 6.97. The van der Waals surface area contributed by atoms with Crippen molar-refractivity contribution in [2.24, 2.45) is 11.8 Å². The fraction of sp³-hybridized carbons (Fsp3) is 0.889. The summed E-state index contributed by atoms with van der Waals surface area (Å²) in [6, 6.07) is -0.647. The second-order valence-corrected chi connectivity index (χ2v) is 6.63. The second-order valence-electron chi connectivity index (χ2n) is 4.44. The minimum Gasteiger partial charge on any atom is -0.352 e. The van der Waals surface area contributed by atoms with Crippen LogP contribution in [-0.2, 0) is 14.6 Å². The van der Waals surface area contributed by atoms with Crippen LogP contribution in [0.25, 0.3) is 0 Å². The summed E-state index contributed by atoms with van der Waals surface area (Å²) in [4.78, 5) is 11.3. The minimum atomic E-state index is -3.22. The van der Waals surface area contributed by atoms with E-state index in [-0.39, 0.29) is 5.75 Å². The van der Waals surface area contributed by atoms with Crippen molar-refractivity contribution in [2.75, 3.05) is 12.0 Å². The highest BCUT2D eigenvalue weighted by Crippen LogP contribution is 2.54. The minimum absolute atomic E-state index is 0.245. The molecule has 1 aliphatic rings. The number of carbonyl (C=O) groups excluding carboxylic acids is 1. The molecule has 0 aromatic rings. The SMILES string of the molecule is CC(CS(C)(=O)=O)NC(=O)[C@@H]1[C@@H](C)C1(F)F. The molecule has 3 atom stereocenters. The molecule has 1 unspecified atom stereocenters. The van der Waals surface area contributed by atoms with Gasteiger partial charge in [-0.2, -0.15) is 0 Å². The first-order chi connectivity index (χ1) is 7.05. The molecule has 1 aliphatic carbocycles. The monoisotopic (exact) mass is 255 g/mol. The summed E-state index contributed by atoms with van der Waals surface area (Å²) in [7, 11) is -3.22. The number of rotatable bonds is 4. The van der Waals surface area contributed by atoms with Crippen molar-refractivity contribution < 1.29 is 22.0 Å². The van der Waals surface area contributed by atoms with E-state index in [1.54, 1.807) is 0 Å². The van der Waals surface area contributed by atoms with E-state index >= 15 is 0 Å². The van der Waals surface area contributed by atoms with E-state index in [1.807, 2.05) is 0 Å². The molecule has 0 spiro atoms. The third kappa shape index (κ3) is 2.90. The highest BCUT2D eigenvalue weighted by atomic mass is 32.2. The first kappa shape index (κ1) is 13.3. The van der Waals surface area contributed by atoms with Crippen LogP contribution in [0.4, 0.5) is 8.78 Å². The summed E-state index contributed by atoms with van der Waals surface area (Å²) < 4.78 is 47.5. The average molecular weight is 255 g/mol. The van der Waals surface area contributed by atoms with Crippen molar-refractivity contribution in [3.8, 4) is 0 Å². The number of carbonyl (C=O) groups is 1. The summed E-state index contributed by atoms with van der Waals surface area (Å²) in [5.74, 6) is -6.23. The van der Waals surface area contributed by atoms with Gasteiger partial charge in [0.25, 0.3) is 5.92 Å². The van der Waals surface area contributed by atoms with Crippen LogP contribution in [0.15, 0.2) is 0 Å². The number of nitrogens with one attached hydrogen (secondary N) is 1. The molecule has 1 rings (SSSR count). The standard InChI is InChI=1S/C9H15F2NO3S/c1-5(4-16(3,14)15)12-8(13)7-6(2)9(7,10)11/h5-7H,4H2,1-3H3,(H,12,13)/t5?,6-,7+/m1/s1. The summed E-state index contributed by atoms with van der Waals surface area (Å²) in [5.41, 5.74) is 0. The predicted molar refractivity (Wildman–Crippen MR) is 54.9 cm³/mol. The van der Waals surface area contributed by atoms with Gasteiger partial charge in [-0.15, -0.1) is 0 Å². The maximum Gasteiger partial charge on any atom is 0.263 e. The molecule has 0 aromatic heterocycles. The predicted octanol–water partition coefficient (Wildman–Crippen LogP) is 0.437. The second kappa shape index (κ2) is 3.94. The Kier molecular flexibility index (Phi) is 3.29. The molecule has 0 bridgehead atoms. The zero-order valence-corrected chi connectivity index (χ0v) is 10.1. The fourth-order valence-electron chi connectivity index (χ4n) is 1.71. The van der Waals surface area contributed by atoms with Crippen LogP contribution in [0, 0.1) is 11.8 Å². The van der Waals surface area contributed by atoms with Crippen LogP contribution < -0.4 is 5.32 Å². The average Bonchev–Trinajstić information content (AvgIpc) is 2.46. The van der Waals surface area contributed by atoms with Gasteiger partial charge in [-0.05, 0) is 6.92 Å². The Morgan fingerprint density at radius 2 is 1.94 bits per heavy atom. The topological polar surface area (TPSA) is 63.2 Å². The number of hydrogen-bond acceptors (Lipinski definition) is 3. The lowest BCUT2D eigenvalue weighted by molar-refractivity contribution is -0.124. The highest BCUT2D eigenvalue weighted by molar-refractivity contribution is 7.90. The lowest BCUT2D eigenvalue weighted by Crippen LogP contribution is -2.39. The lowest BCUT2D eigenvalue weighted by atomic mass is 10.3. The van der Waals surface area contributed by atoms with Gasteiger partial charge in [0.2, 0.25) is 5.91 Å². The van der Waals surface area contributed by atoms with Crippen LogP contribution in [0.1, 0.15) is 13.8 Å². The molecule has 1 amide bonds. The Morgan fingerprint density at radius 1 is 1.50 bits per heavy atom. The summed E-state index contributed by atoms with van der Waals surface area (Å²) >= 11 is 0. The van der Waals surface area contributed by atoms with E-state index in [1.165, 1.54) is 13.8 Å². The van der Waals surface area contributed by atoms with E-state index < -0.39 is 39.5 Å². The molecule has 1 fully saturated rings. The molecule has 0 heterocycles. The van der Waals surface area contributed by atoms with Crippen LogP contribution in [0.3, 0.4) is 0 Å². The van der Waals surface area contributed by atoms with Gasteiger partial charge in [0, 0.05) is 18.2 Å². The summed E-state index contributed by atoms with van der Waals surface area (Å²) in [6.07, 6.45) is 1.03. The molecule has 0 aromatic carbocycles. The Hall–Kier alpha value is -0.720. The first-order valence-electron chi connectivity index (χ1n) is 4.91. The highest BCUT2D eigenvalue weighted by Gasteiger charge is 2.69. The number of halogens is 2.